The summed E-state index contributed by atoms with van der Waals surface area (Å²) < 4.78 is 89.8. The molecule has 32 heteroatoms. The fourth-order valence-corrected chi connectivity index (χ4v) is 13.0. The van der Waals surface area contributed by atoms with Crippen molar-refractivity contribution in [3.05, 3.63) is 270 Å². The van der Waals surface area contributed by atoms with Gasteiger partial charge in [0.25, 0.3) is 0 Å². The molecule has 8 aromatic rings. The first kappa shape index (κ1) is 106. The van der Waals surface area contributed by atoms with Crippen LogP contribution in [0.2, 0.25) is 0 Å². The van der Waals surface area contributed by atoms with Gasteiger partial charge < -0.3 is 100 Å². The minimum atomic E-state index is -0.702. The fraction of sp³-hybridized carbons (Fsp3) is 0.293. The van der Waals surface area contributed by atoms with E-state index in [1.807, 2.05) is 39.8 Å². The van der Waals surface area contributed by atoms with Gasteiger partial charge in [0.2, 0.25) is 0 Å². The molecule has 0 spiro atoms. The molecule has 0 aromatic heterocycles. The van der Waals surface area contributed by atoms with E-state index in [1.165, 1.54) is 98.9 Å². The van der Waals surface area contributed by atoms with E-state index in [-0.39, 0.29) is 100 Å². The van der Waals surface area contributed by atoms with Crippen molar-refractivity contribution in [1.82, 2.24) is 0 Å². The van der Waals surface area contributed by atoms with Gasteiger partial charge in [-0.05, 0) is 156 Å². The van der Waals surface area contributed by atoms with Crippen LogP contribution in [-0.4, -0.2) is 181 Å². The van der Waals surface area contributed by atoms with Gasteiger partial charge in [0.05, 0.1) is 141 Å². The lowest BCUT2D eigenvalue weighted by Gasteiger charge is -2.13. The van der Waals surface area contributed by atoms with Gasteiger partial charge in [0, 0.05) is 69.1 Å². The summed E-state index contributed by atoms with van der Waals surface area (Å²) in [6.07, 6.45) is 13.7. The maximum absolute atomic E-state index is 11.7. The molecule has 4 aliphatic rings. The molecule has 0 amide bonds. The Labute approximate surface area is 759 Å². The SMILES string of the molecule is C=CCOc1cc(OC)cc(C(=O)OC)c1C=O.C=CCOc1cc(OC)cc2c1COC2=O.C=CCc1c(OC)cc2c(c1C)COC2=O.C=CCc1c(OC)cc2c(c1O)COC2=O.COC(=O)c1cc(C)cc(OC)c1.COC(=O)c1cc(OC)cc(C)c1C=O.COC(=O)c1cc(OC)cc(O)c1C=O.COc1cc2c(c(C)c1C/C=C(\C)CCC(C)=O)COC2=O. The number of Topliss-reactive ketones (excluding diaryl/α,β-unsaturated/α-hetero) is 1. The van der Waals surface area contributed by atoms with Crippen LogP contribution >= 0.6 is 0 Å². The van der Waals surface area contributed by atoms with Crippen molar-refractivity contribution in [3.63, 3.8) is 0 Å². The zero-order chi connectivity index (χ0) is 97.5. The first-order chi connectivity index (χ1) is 62.7. The van der Waals surface area contributed by atoms with Gasteiger partial charge in [-0.1, -0.05) is 49.1 Å². The van der Waals surface area contributed by atoms with E-state index in [0.29, 0.717) is 142 Å². The van der Waals surface area contributed by atoms with E-state index in [0.717, 1.165) is 69.5 Å². The molecule has 696 valence electrons. The minimum absolute atomic E-state index is 0.0237. The van der Waals surface area contributed by atoms with Crippen molar-refractivity contribution < 1.29 is 153 Å². The van der Waals surface area contributed by atoms with Gasteiger partial charge in [-0.3, -0.25) is 14.4 Å². The van der Waals surface area contributed by atoms with Crippen molar-refractivity contribution in [2.24, 2.45) is 0 Å². The number of allylic oxidation sites excluding steroid dienone is 4. The molecule has 4 heterocycles. The van der Waals surface area contributed by atoms with Crippen LogP contribution in [-0.2, 0) is 88.4 Å². The van der Waals surface area contributed by atoms with Crippen molar-refractivity contribution in [2.75, 3.05) is 98.5 Å². The van der Waals surface area contributed by atoms with Crippen molar-refractivity contribution >= 4 is 72.4 Å². The maximum atomic E-state index is 11.7. The maximum Gasteiger partial charge on any atom is 0.339 e. The van der Waals surface area contributed by atoms with Crippen molar-refractivity contribution in [1.29, 1.82) is 0 Å². The quantitative estimate of drug-likeness (QED) is 0.0183. The van der Waals surface area contributed by atoms with Gasteiger partial charge in [-0.25, -0.2) is 38.4 Å². The summed E-state index contributed by atoms with van der Waals surface area (Å²) in [4.78, 5) is 135. The molecule has 131 heavy (non-hydrogen) atoms. The summed E-state index contributed by atoms with van der Waals surface area (Å²) >= 11 is 0. The molecule has 32 nitrogen and oxygen atoms in total. The Balaban J connectivity index is 0.000000266. The van der Waals surface area contributed by atoms with E-state index in [4.69, 9.17) is 66.3 Å². The molecular formula is C99H108O32. The summed E-state index contributed by atoms with van der Waals surface area (Å²) in [5.41, 5.74) is 14.3. The van der Waals surface area contributed by atoms with Gasteiger partial charge in [0.15, 0.2) is 18.9 Å². The number of carbonyl (C=O) groups is 12. The van der Waals surface area contributed by atoms with Crippen LogP contribution in [0.5, 0.6) is 69.0 Å². The number of phenolic OH excluding ortho intramolecular Hbond substituents is 2. The van der Waals surface area contributed by atoms with Crippen LogP contribution in [0.25, 0.3) is 0 Å². The molecule has 0 fully saturated rings. The van der Waals surface area contributed by atoms with E-state index < -0.39 is 23.9 Å². The number of ketones is 1. The number of aldehydes is 3. The highest BCUT2D eigenvalue weighted by molar-refractivity contribution is 6.03. The minimum Gasteiger partial charge on any atom is -0.507 e. The Hall–Kier alpha value is -15.5. The molecule has 0 saturated carbocycles. The third-order valence-corrected chi connectivity index (χ3v) is 20.0. The predicted molar refractivity (Wildman–Crippen MR) is 481 cm³/mol. The second kappa shape index (κ2) is 52.6. The molecule has 0 radical (unpaired) electrons. The highest BCUT2D eigenvalue weighted by atomic mass is 16.6. The number of methoxy groups -OCH3 is 12. The third-order valence-electron chi connectivity index (χ3n) is 20.0. The number of ether oxygens (including phenoxy) is 18. The Morgan fingerprint density at radius 3 is 1.18 bits per heavy atom. The molecular weight excluding hydrogens is 1700 g/mol. The van der Waals surface area contributed by atoms with Crippen LogP contribution in [0.15, 0.2) is 147 Å². The second-order valence-corrected chi connectivity index (χ2v) is 28.1. The Kier molecular flexibility index (Phi) is 42.6. The number of aryl methyl sites for hydroxylation is 2. The Morgan fingerprint density at radius 1 is 0.374 bits per heavy atom. The van der Waals surface area contributed by atoms with Crippen molar-refractivity contribution in [2.45, 2.75) is 100 Å². The first-order valence-corrected chi connectivity index (χ1v) is 39.9. The molecule has 8 aromatic carbocycles. The van der Waals surface area contributed by atoms with E-state index in [1.54, 1.807) is 103 Å². The predicted octanol–water partition coefficient (Wildman–Crippen LogP) is 15.9. The van der Waals surface area contributed by atoms with Crippen LogP contribution in [0.1, 0.15) is 202 Å². The fourth-order valence-electron chi connectivity index (χ4n) is 13.0. The highest BCUT2D eigenvalue weighted by Crippen LogP contribution is 2.41. The zero-order valence-corrected chi connectivity index (χ0v) is 76.5. The standard InChI is InChI=1S/C18H22O4.C13H14O5.C13H14O3.2C12H12O4.C11H12O4.C10H10O5.C10H12O3/c1-11(5-7-12(2)19)6-8-14-13(3)16-10-22-18(20)15(16)9-17(14)21-4;1-4-5-18-12-7-9(16-2)6-10(11(12)8-14)13(15)17-3;1-4-5-9-8(2)11-7-16-13(14)10(11)6-12(9)15-3;1-3-4-15-11-6-8(14-2)5-9-10(11)7-16-12(9)13;1-3-4-7-10(15-2)5-8-9(11(7)13)6-16-12(8)14;1-7-4-8(14-2)5-9(10(7)6-12)11(13)15-3;1-14-6-3-7(10(13)15-2)8(5-11)9(12)4-6;1-7-4-8(10(11)13-3)6-9(5-7)12-2/h6,9H,5,7-8,10H2,1-4H3;4,6-8H,1,5H2,2-3H3;4,6H,1,5,7H2,2-3H3;3,5-6H,1,4,7H2,2H3;3,5,13H,1,4,6H2,2H3;4-6H,1-3H3;3-5,12H,1-2H3;4-6H,1-3H3/b11-6+;;;;;;;. The van der Waals surface area contributed by atoms with Crippen LogP contribution in [0.3, 0.4) is 0 Å². The van der Waals surface area contributed by atoms with Crippen LogP contribution < -0.4 is 47.4 Å². The number of benzene rings is 8. The lowest BCUT2D eigenvalue weighted by Crippen LogP contribution is -2.08. The molecule has 4 aliphatic heterocycles. The van der Waals surface area contributed by atoms with Crippen LogP contribution in [0, 0.1) is 27.7 Å². The smallest absolute Gasteiger partial charge is 0.339 e. The molecule has 0 atom stereocenters. The number of cyclic esters (lactones) is 4. The topological polar surface area (TPSA) is 411 Å². The summed E-state index contributed by atoms with van der Waals surface area (Å²) in [5.74, 6) is 1.68. The lowest BCUT2D eigenvalue weighted by atomic mass is 9.94. The molecule has 0 unspecified atom stereocenters. The number of aromatic hydroxyl groups is 2. The second-order valence-electron chi connectivity index (χ2n) is 28.1. The number of esters is 8. The molecule has 12 rings (SSSR count). The first-order valence-electron chi connectivity index (χ1n) is 39.9. The average molecular weight is 1810 g/mol. The van der Waals surface area contributed by atoms with Gasteiger partial charge >= 0.3 is 47.8 Å². The molecule has 2 N–H and O–H groups in total. The summed E-state index contributed by atoms with van der Waals surface area (Å²) in [6, 6.07) is 22.5. The monoisotopic (exact) mass is 1810 g/mol. The number of phenols is 2. The summed E-state index contributed by atoms with van der Waals surface area (Å²) in [7, 11) is 17.2. The van der Waals surface area contributed by atoms with Crippen molar-refractivity contribution in [3.8, 4) is 69.0 Å². The number of rotatable bonds is 30. The van der Waals surface area contributed by atoms with Crippen LogP contribution in [0.4, 0.5) is 0 Å². The van der Waals surface area contributed by atoms with E-state index in [2.05, 4.69) is 51.3 Å². The zero-order valence-electron chi connectivity index (χ0n) is 76.5. The molecule has 0 bridgehead atoms. The largest absolute Gasteiger partial charge is 0.507 e. The molecule has 0 saturated heterocycles. The van der Waals surface area contributed by atoms with Gasteiger partial charge in [-0.2, -0.15) is 0 Å². The normalized spacial score (nSPS) is 11.5. The highest BCUT2D eigenvalue weighted by Gasteiger charge is 2.32. The lowest BCUT2D eigenvalue weighted by molar-refractivity contribution is -0.117. The van der Waals surface area contributed by atoms with E-state index >= 15 is 0 Å². The number of fused-ring (bicyclic) bond motifs is 4. The summed E-state index contributed by atoms with van der Waals surface area (Å²) in [6.45, 7) is 27.4. The number of carbonyl (C=O) groups excluding carboxylic acids is 12. The van der Waals surface area contributed by atoms with E-state index in [9.17, 15) is 67.7 Å². The number of hydrogen-bond acceptors (Lipinski definition) is 32. The average Bonchev–Trinajstić information content (AvgIpc) is 1.69. The number of hydrogen-bond donors (Lipinski definition) is 2. The summed E-state index contributed by atoms with van der Waals surface area (Å²) in [5, 5.41) is 19.4. The molecule has 0 aliphatic carbocycles. The van der Waals surface area contributed by atoms with Gasteiger partial charge in [-0.15, -0.1) is 13.2 Å². The Morgan fingerprint density at radius 2 is 0.748 bits per heavy atom. The van der Waals surface area contributed by atoms with Gasteiger partial charge in [0.1, 0.15) is 114 Å². The third kappa shape index (κ3) is 28.2. The Bertz CT molecular complexity index is 5440.